The van der Waals surface area contributed by atoms with Crippen LogP contribution in [-0.2, 0) is 0 Å². The Labute approximate surface area is 134 Å². The minimum absolute atomic E-state index is 0.0609. The SMILES string of the molecule is CCCNc1ccccc1C(=O)NC(C)c1ccc(Cl)s1. The minimum atomic E-state index is -0.0776. The summed E-state index contributed by atoms with van der Waals surface area (Å²) >= 11 is 7.42. The van der Waals surface area contributed by atoms with Crippen LogP contribution in [0.4, 0.5) is 5.69 Å². The molecule has 3 nitrogen and oxygen atoms in total. The van der Waals surface area contributed by atoms with E-state index in [-0.39, 0.29) is 11.9 Å². The van der Waals surface area contributed by atoms with Gasteiger partial charge in [-0.1, -0.05) is 30.7 Å². The largest absolute Gasteiger partial charge is 0.384 e. The fourth-order valence-corrected chi connectivity index (χ4v) is 3.06. The van der Waals surface area contributed by atoms with Gasteiger partial charge in [0.2, 0.25) is 0 Å². The van der Waals surface area contributed by atoms with E-state index < -0.39 is 0 Å². The van der Waals surface area contributed by atoms with Gasteiger partial charge >= 0.3 is 0 Å². The molecule has 2 aromatic rings. The molecule has 5 heteroatoms. The summed E-state index contributed by atoms with van der Waals surface area (Å²) in [7, 11) is 0. The van der Waals surface area contributed by atoms with Crippen LogP contribution in [0.3, 0.4) is 0 Å². The molecule has 0 aliphatic rings. The first kappa shape index (κ1) is 15.9. The average Bonchev–Trinajstić information content (AvgIpc) is 2.92. The number of carbonyl (C=O) groups is 1. The Hall–Kier alpha value is -1.52. The molecule has 0 saturated heterocycles. The van der Waals surface area contributed by atoms with Gasteiger partial charge < -0.3 is 10.6 Å². The monoisotopic (exact) mass is 322 g/mol. The first-order chi connectivity index (χ1) is 10.1. The molecule has 0 saturated carbocycles. The van der Waals surface area contributed by atoms with Crippen molar-refractivity contribution >= 4 is 34.5 Å². The van der Waals surface area contributed by atoms with Gasteiger partial charge in [-0.25, -0.2) is 0 Å². The number of amides is 1. The molecule has 0 spiro atoms. The summed E-state index contributed by atoms with van der Waals surface area (Å²) in [5.74, 6) is -0.0776. The second-order valence-electron chi connectivity index (χ2n) is 4.81. The first-order valence-electron chi connectivity index (χ1n) is 7.00. The van der Waals surface area contributed by atoms with Gasteiger partial charge in [-0.3, -0.25) is 4.79 Å². The van der Waals surface area contributed by atoms with Crippen LogP contribution in [0.5, 0.6) is 0 Å². The predicted molar refractivity (Wildman–Crippen MR) is 90.4 cm³/mol. The summed E-state index contributed by atoms with van der Waals surface area (Å²) in [6, 6.07) is 11.3. The van der Waals surface area contributed by atoms with E-state index in [1.807, 2.05) is 43.3 Å². The Balaban J connectivity index is 2.09. The summed E-state index contributed by atoms with van der Waals surface area (Å²) in [4.78, 5) is 13.5. The number of rotatable bonds is 6. The van der Waals surface area contributed by atoms with E-state index in [1.54, 1.807) is 0 Å². The van der Waals surface area contributed by atoms with E-state index in [0.29, 0.717) is 5.56 Å². The van der Waals surface area contributed by atoms with Gasteiger partial charge in [-0.2, -0.15) is 0 Å². The Kier molecular flexibility index (Phi) is 5.65. The molecular formula is C16H19ClN2OS. The molecule has 1 amide bonds. The van der Waals surface area contributed by atoms with Gasteiger partial charge in [0, 0.05) is 17.1 Å². The van der Waals surface area contributed by atoms with E-state index in [9.17, 15) is 4.79 Å². The average molecular weight is 323 g/mol. The number of para-hydroxylation sites is 1. The fourth-order valence-electron chi connectivity index (χ4n) is 2.00. The summed E-state index contributed by atoms with van der Waals surface area (Å²) in [6.07, 6.45) is 1.01. The Morgan fingerprint density at radius 2 is 2.05 bits per heavy atom. The Morgan fingerprint density at radius 1 is 1.29 bits per heavy atom. The number of nitrogens with one attached hydrogen (secondary N) is 2. The van der Waals surface area contributed by atoms with Gasteiger partial charge in [0.1, 0.15) is 0 Å². The van der Waals surface area contributed by atoms with Crippen molar-refractivity contribution in [3.8, 4) is 0 Å². The molecule has 2 N–H and O–H groups in total. The topological polar surface area (TPSA) is 41.1 Å². The number of halogens is 1. The maximum atomic E-state index is 12.4. The maximum absolute atomic E-state index is 12.4. The van der Waals surface area contributed by atoms with Crippen molar-refractivity contribution in [3.63, 3.8) is 0 Å². The van der Waals surface area contributed by atoms with Gasteiger partial charge in [-0.15, -0.1) is 11.3 Å². The zero-order valence-corrected chi connectivity index (χ0v) is 13.7. The third-order valence-electron chi connectivity index (χ3n) is 3.11. The molecule has 1 unspecified atom stereocenters. The highest BCUT2D eigenvalue weighted by molar-refractivity contribution is 7.16. The van der Waals surface area contributed by atoms with Crippen molar-refractivity contribution < 1.29 is 4.79 Å². The lowest BCUT2D eigenvalue weighted by Gasteiger charge is -2.15. The molecule has 0 aliphatic heterocycles. The van der Waals surface area contributed by atoms with Crippen molar-refractivity contribution in [3.05, 3.63) is 51.2 Å². The van der Waals surface area contributed by atoms with Gasteiger partial charge in [0.05, 0.1) is 15.9 Å². The number of benzene rings is 1. The van der Waals surface area contributed by atoms with Crippen LogP contribution in [-0.4, -0.2) is 12.5 Å². The maximum Gasteiger partial charge on any atom is 0.253 e. The lowest BCUT2D eigenvalue weighted by molar-refractivity contribution is 0.0941. The summed E-state index contributed by atoms with van der Waals surface area (Å²) < 4.78 is 0.733. The smallest absolute Gasteiger partial charge is 0.253 e. The van der Waals surface area contributed by atoms with E-state index in [4.69, 9.17) is 11.6 Å². The molecule has 0 bridgehead atoms. The number of hydrogen-bond donors (Lipinski definition) is 2. The lowest BCUT2D eigenvalue weighted by Crippen LogP contribution is -2.27. The van der Waals surface area contributed by atoms with Gasteiger partial charge in [0.15, 0.2) is 0 Å². The molecule has 0 aliphatic carbocycles. The summed E-state index contributed by atoms with van der Waals surface area (Å²) in [5.41, 5.74) is 1.54. The Morgan fingerprint density at radius 3 is 2.71 bits per heavy atom. The van der Waals surface area contributed by atoms with Crippen LogP contribution < -0.4 is 10.6 Å². The minimum Gasteiger partial charge on any atom is -0.384 e. The molecule has 1 aromatic carbocycles. The predicted octanol–water partition coefficient (Wildman–Crippen LogP) is 4.71. The molecule has 1 heterocycles. The van der Waals surface area contributed by atoms with Crippen LogP contribution >= 0.6 is 22.9 Å². The van der Waals surface area contributed by atoms with Crippen molar-refractivity contribution in [2.75, 3.05) is 11.9 Å². The molecule has 112 valence electrons. The Bertz CT molecular complexity index is 612. The quantitative estimate of drug-likeness (QED) is 0.808. The van der Waals surface area contributed by atoms with E-state index in [2.05, 4.69) is 17.6 Å². The van der Waals surface area contributed by atoms with Crippen molar-refractivity contribution in [1.29, 1.82) is 0 Å². The van der Waals surface area contributed by atoms with E-state index in [0.717, 1.165) is 27.9 Å². The van der Waals surface area contributed by atoms with Crippen LogP contribution in [0.1, 0.15) is 41.5 Å². The highest BCUT2D eigenvalue weighted by atomic mass is 35.5. The zero-order valence-electron chi connectivity index (χ0n) is 12.2. The summed E-state index contributed by atoms with van der Waals surface area (Å²) in [6.45, 7) is 4.90. The van der Waals surface area contributed by atoms with Crippen molar-refractivity contribution in [2.24, 2.45) is 0 Å². The van der Waals surface area contributed by atoms with Crippen LogP contribution in [0.15, 0.2) is 36.4 Å². The van der Waals surface area contributed by atoms with Crippen LogP contribution in [0.2, 0.25) is 4.34 Å². The molecule has 0 fully saturated rings. The van der Waals surface area contributed by atoms with Crippen molar-refractivity contribution in [1.82, 2.24) is 5.32 Å². The lowest BCUT2D eigenvalue weighted by atomic mass is 10.1. The second-order valence-corrected chi connectivity index (χ2v) is 6.56. The molecule has 0 radical (unpaired) electrons. The molecule has 21 heavy (non-hydrogen) atoms. The molecule has 1 aromatic heterocycles. The van der Waals surface area contributed by atoms with Crippen molar-refractivity contribution in [2.45, 2.75) is 26.3 Å². The van der Waals surface area contributed by atoms with Gasteiger partial charge in [0.25, 0.3) is 5.91 Å². The highest BCUT2D eigenvalue weighted by Crippen LogP contribution is 2.27. The molecule has 1 atom stereocenters. The van der Waals surface area contributed by atoms with Crippen LogP contribution in [0, 0.1) is 0 Å². The standard InChI is InChI=1S/C16H19ClN2OS/c1-3-10-18-13-7-5-4-6-12(13)16(20)19-11(2)14-8-9-15(17)21-14/h4-9,11,18H,3,10H2,1-2H3,(H,19,20). The highest BCUT2D eigenvalue weighted by Gasteiger charge is 2.15. The number of hydrogen-bond acceptors (Lipinski definition) is 3. The normalized spacial score (nSPS) is 12.0. The number of carbonyl (C=O) groups excluding carboxylic acids is 1. The van der Waals surface area contributed by atoms with Crippen LogP contribution in [0.25, 0.3) is 0 Å². The number of anilines is 1. The fraction of sp³-hybridized carbons (Fsp3) is 0.312. The first-order valence-corrected chi connectivity index (χ1v) is 8.20. The second kappa shape index (κ2) is 7.48. The number of thiophene rings is 1. The summed E-state index contributed by atoms with van der Waals surface area (Å²) in [5, 5.41) is 6.30. The zero-order chi connectivity index (χ0) is 15.2. The van der Waals surface area contributed by atoms with E-state index in [1.165, 1.54) is 11.3 Å². The third kappa shape index (κ3) is 4.22. The van der Waals surface area contributed by atoms with E-state index >= 15 is 0 Å². The molecular weight excluding hydrogens is 304 g/mol. The van der Waals surface area contributed by atoms with Gasteiger partial charge in [-0.05, 0) is 37.6 Å². The molecule has 2 rings (SSSR count). The third-order valence-corrected chi connectivity index (χ3v) is 4.52.